The van der Waals surface area contributed by atoms with Gasteiger partial charge in [-0.05, 0) is 90.2 Å². The second-order valence-corrected chi connectivity index (χ2v) is 11.3. The molecular weight excluding hydrogens is 554 g/mol. The fraction of sp³-hybridized carbons (Fsp3) is 0.278. The lowest BCUT2D eigenvalue weighted by Crippen LogP contribution is -2.47. The summed E-state index contributed by atoms with van der Waals surface area (Å²) in [7, 11) is 0. The molecule has 1 N–H and O–H groups in total. The summed E-state index contributed by atoms with van der Waals surface area (Å²) < 4.78 is 17.2. The SMILES string of the molecule is Cc1cccc(OCN2CCN(Cc3cc(OC=O)c(NC(=O)c4ccc(Oc5ccccc5)cc4)cc3C(C)C)CC2)c1. The predicted octanol–water partition coefficient (Wildman–Crippen LogP) is 6.85. The van der Waals surface area contributed by atoms with Crippen LogP contribution in [0.2, 0.25) is 0 Å². The van der Waals surface area contributed by atoms with Gasteiger partial charge in [0.1, 0.15) is 24.0 Å². The van der Waals surface area contributed by atoms with Crippen molar-refractivity contribution in [2.75, 3.05) is 38.2 Å². The van der Waals surface area contributed by atoms with Crippen molar-refractivity contribution in [1.29, 1.82) is 0 Å². The Labute approximate surface area is 259 Å². The van der Waals surface area contributed by atoms with E-state index in [1.165, 1.54) is 5.56 Å². The first-order valence-electron chi connectivity index (χ1n) is 14.9. The molecule has 0 unspecified atom stereocenters. The van der Waals surface area contributed by atoms with Gasteiger partial charge in [-0.25, -0.2) is 0 Å². The van der Waals surface area contributed by atoms with E-state index in [9.17, 15) is 9.59 Å². The van der Waals surface area contributed by atoms with E-state index in [-0.39, 0.29) is 11.8 Å². The highest BCUT2D eigenvalue weighted by Crippen LogP contribution is 2.34. The highest BCUT2D eigenvalue weighted by atomic mass is 16.5. The number of hydrogen-bond donors (Lipinski definition) is 1. The molecule has 44 heavy (non-hydrogen) atoms. The molecule has 4 aromatic rings. The average molecular weight is 594 g/mol. The zero-order valence-electron chi connectivity index (χ0n) is 25.5. The summed E-state index contributed by atoms with van der Waals surface area (Å²) in [6, 6.07) is 28.3. The molecule has 0 atom stereocenters. The van der Waals surface area contributed by atoms with E-state index in [1.54, 1.807) is 24.3 Å². The zero-order valence-corrected chi connectivity index (χ0v) is 25.5. The Morgan fingerprint density at radius 2 is 1.52 bits per heavy atom. The third kappa shape index (κ3) is 8.24. The molecule has 8 heteroatoms. The first kappa shape index (κ1) is 30.8. The van der Waals surface area contributed by atoms with Gasteiger partial charge in [-0.15, -0.1) is 0 Å². The summed E-state index contributed by atoms with van der Waals surface area (Å²) in [5.41, 5.74) is 4.26. The summed E-state index contributed by atoms with van der Waals surface area (Å²) >= 11 is 0. The van der Waals surface area contributed by atoms with Gasteiger partial charge >= 0.3 is 0 Å². The number of anilines is 1. The Kier molecular flexibility index (Phi) is 10.3. The largest absolute Gasteiger partial charge is 0.478 e. The van der Waals surface area contributed by atoms with E-state index in [4.69, 9.17) is 14.2 Å². The van der Waals surface area contributed by atoms with Gasteiger partial charge in [-0.2, -0.15) is 0 Å². The van der Waals surface area contributed by atoms with Crippen LogP contribution in [-0.2, 0) is 11.3 Å². The Morgan fingerprint density at radius 1 is 0.841 bits per heavy atom. The third-order valence-electron chi connectivity index (χ3n) is 7.64. The van der Waals surface area contributed by atoms with E-state index in [0.717, 1.165) is 48.8 Å². The molecule has 1 fully saturated rings. The van der Waals surface area contributed by atoms with E-state index in [1.807, 2.05) is 60.7 Å². The minimum atomic E-state index is -0.307. The van der Waals surface area contributed by atoms with Gasteiger partial charge in [0, 0.05) is 38.3 Å². The number of piperazine rings is 1. The number of carbonyl (C=O) groups is 2. The number of benzene rings is 4. The number of amides is 1. The molecule has 1 amide bonds. The average Bonchev–Trinajstić information content (AvgIpc) is 3.03. The van der Waals surface area contributed by atoms with Gasteiger partial charge in [0.2, 0.25) is 0 Å². The van der Waals surface area contributed by atoms with Crippen LogP contribution in [0.3, 0.4) is 0 Å². The van der Waals surface area contributed by atoms with Crippen molar-refractivity contribution >= 4 is 18.1 Å². The number of carbonyl (C=O) groups excluding carboxylic acids is 2. The molecule has 0 radical (unpaired) electrons. The quantitative estimate of drug-likeness (QED) is 0.180. The second-order valence-electron chi connectivity index (χ2n) is 11.3. The van der Waals surface area contributed by atoms with Gasteiger partial charge in [0.05, 0.1) is 5.69 Å². The minimum Gasteiger partial charge on any atom is -0.478 e. The molecule has 228 valence electrons. The number of nitrogens with one attached hydrogen (secondary N) is 1. The van der Waals surface area contributed by atoms with Crippen LogP contribution in [-0.4, -0.2) is 55.1 Å². The number of ether oxygens (including phenoxy) is 3. The molecule has 0 aromatic heterocycles. The van der Waals surface area contributed by atoms with Gasteiger partial charge in [0.15, 0.2) is 5.75 Å². The lowest BCUT2D eigenvalue weighted by Gasteiger charge is -2.35. The lowest BCUT2D eigenvalue weighted by atomic mass is 9.95. The Morgan fingerprint density at radius 3 is 2.20 bits per heavy atom. The molecule has 1 heterocycles. The maximum absolute atomic E-state index is 13.2. The Hall–Kier alpha value is -4.66. The minimum absolute atomic E-state index is 0.198. The Bertz CT molecular complexity index is 1550. The van der Waals surface area contributed by atoms with Gasteiger partial charge in [0.25, 0.3) is 12.4 Å². The molecule has 5 rings (SSSR count). The number of para-hydroxylation sites is 1. The molecule has 4 aromatic carbocycles. The molecule has 0 bridgehead atoms. The van der Waals surface area contributed by atoms with Crippen molar-refractivity contribution in [3.8, 4) is 23.0 Å². The maximum Gasteiger partial charge on any atom is 0.298 e. The number of nitrogens with zero attached hydrogens (tertiary/aromatic N) is 2. The van der Waals surface area contributed by atoms with Gasteiger partial charge in [-0.1, -0.05) is 44.2 Å². The van der Waals surface area contributed by atoms with Crippen molar-refractivity contribution in [3.63, 3.8) is 0 Å². The first-order valence-corrected chi connectivity index (χ1v) is 14.9. The fourth-order valence-corrected chi connectivity index (χ4v) is 5.24. The molecule has 1 saturated heterocycles. The summed E-state index contributed by atoms with van der Waals surface area (Å²) in [5, 5.41) is 2.95. The number of hydrogen-bond acceptors (Lipinski definition) is 7. The van der Waals surface area contributed by atoms with Crippen LogP contribution in [0.25, 0.3) is 0 Å². The molecule has 0 spiro atoms. The van der Waals surface area contributed by atoms with Gasteiger partial charge < -0.3 is 19.5 Å². The van der Waals surface area contributed by atoms with Crippen molar-refractivity contribution in [2.45, 2.75) is 33.2 Å². The zero-order chi connectivity index (χ0) is 30.9. The standard InChI is InChI=1S/C36H39N3O5/c1-26(2)33-22-34(37-36(41)28-12-14-31(15-13-28)44-30-9-5-4-6-10-30)35(43-25-40)21-29(33)23-38-16-18-39(19-17-38)24-42-32-11-7-8-27(3)20-32/h4-15,20-22,25-26H,16-19,23-24H2,1-3H3,(H,37,41). The molecule has 0 aliphatic carbocycles. The smallest absolute Gasteiger partial charge is 0.298 e. The van der Waals surface area contributed by atoms with Crippen LogP contribution >= 0.6 is 0 Å². The van der Waals surface area contributed by atoms with Gasteiger partial charge in [-0.3, -0.25) is 19.4 Å². The van der Waals surface area contributed by atoms with Crippen molar-refractivity contribution in [1.82, 2.24) is 9.80 Å². The molecular formula is C36H39N3O5. The highest BCUT2D eigenvalue weighted by molar-refractivity contribution is 6.05. The summed E-state index contributed by atoms with van der Waals surface area (Å²) in [6.45, 7) is 11.5. The summed E-state index contributed by atoms with van der Waals surface area (Å²) in [6.07, 6.45) is 0. The number of rotatable bonds is 12. The molecule has 1 aliphatic rings. The summed E-state index contributed by atoms with van der Waals surface area (Å²) in [5.74, 6) is 2.45. The van der Waals surface area contributed by atoms with Crippen molar-refractivity contribution < 1.29 is 23.8 Å². The first-order chi connectivity index (χ1) is 21.4. The number of aryl methyl sites for hydroxylation is 1. The van der Waals surface area contributed by atoms with Crippen LogP contribution in [0.1, 0.15) is 46.8 Å². The van der Waals surface area contributed by atoms with Crippen molar-refractivity contribution in [2.24, 2.45) is 0 Å². The topological polar surface area (TPSA) is 80.3 Å². The van der Waals surface area contributed by atoms with Crippen LogP contribution < -0.4 is 19.5 Å². The molecule has 8 nitrogen and oxygen atoms in total. The third-order valence-corrected chi connectivity index (χ3v) is 7.64. The van der Waals surface area contributed by atoms with Crippen LogP contribution in [0.4, 0.5) is 5.69 Å². The monoisotopic (exact) mass is 593 g/mol. The maximum atomic E-state index is 13.2. The highest BCUT2D eigenvalue weighted by Gasteiger charge is 2.21. The molecule has 1 aliphatic heterocycles. The van der Waals surface area contributed by atoms with Crippen molar-refractivity contribution in [3.05, 3.63) is 113 Å². The normalized spacial score (nSPS) is 13.8. The van der Waals surface area contributed by atoms with Crippen LogP contribution in [0, 0.1) is 6.92 Å². The van der Waals surface area contributed by atoms with E-state index in [0.29, 0.717) is 42.5 Å². The van der Waals surface area contributed by atoms with E-state index in [2.05, 4.69) is 42.0 Å². The molecule has 0 saturated carbocycles. The van der Waals surface area contributed by atoms with Crippen LogP contribution in [0.5, 0.6) is 23.0 Å². The Balaban J connectivity index is 1.23. The predicted molar refractivity (Wildman–Crippen MR) is 172 cm³/mol. The second kappa shape index (κ2) is 14.7. The van der Waals surface area contributed by atoms with E-state index >= 15 is 0 Å². The van der Waals surface area contributed by atoms with Crippen LogP contribution in [0.15, 0.2) is 91.0 Å². The fourth-order valence-electron chi connectivity index (χ4n) is 5.24. The van der Waals surface area contributed by atoms with E-state index < -0.39 is 0 Å². The summed E-state index contributed by atoms with van der Waals surface area (Å²) in [4.78, 5) is 29.3. The lowest BCUT2D eigenvalue weighted by molar-refractivity contribution is -0.120.